The van der Waals surface area contributed by atoms with Gasteiger partial charge in [-0.05, 0) is 222 Å². The zero-order valence-corrected chi connectivity index (χ0v) is 67.9. The van der Waals surface area contributed by atoms with Gasteiger partial charge in [-0.25, -0.2) is 27.4 Å². The molecule has 0 saturated carbocycles. The monoisotopic (exact) mass is 1410 g/mol. The fourth-order valence-electron chi connectivity index (χ4n) is 13.7. The molecule has 0 radical (unpaired) electrons. The Kier molecular flexibility index (Phi) is 24.9. The summed E-state index contributed by atoms with van der Waals surface area (Å²) >= 11 is 0. The molecule has 2 unspecified atom stereocenters. The number of hydrogen-bond acceptors (Lipinski definition) is 0. The lowest BCUT2D eigenvalue weighted by Gasteiger charge is -2.11. The predicted octanol–water partition coefficient (Wildman–Crippen LogP) is 22.2. The highest BCUT2D eigenvalue weighted by molar-refractivity contribution is 5.66. The van der Waals surface area contributed by atoms with Crippen molar-refractivity contribution in [3.8, 4) is 67.5 Å². The number of rotatable bonds is 12. The summed E-state index contributed by atoms with van der Waals surface area (Å²) in [5.74, 6) is -2.16. The molecule has 2 atom stereocenters. The van der Waals surface area contributed by atoms with Crippen molar-refractivity contribution in [3.05, 3.63) is 320 Å². The van der Waals surface area contributed by atoms with Crippen molar-refractivity contribution in [3.63, 3.8) is 0 Å². The fourth-order valence-corrected chi connectivity index (χ4v) is 13.7. The number of hydrogen-bond donors (Lipinski definition) is 0. The molecular formula is C99H126N6+6. The summed E-state index contributed by atoms with van der Waals surface area (Å²) in [5.41, 5.74) is 33.0. The third kappa shape index (κ3) is 22.1. The molecule has 0 aliphatic heterocycles. The van der Waals surface area contributed by atoms with E-state index < -0.39 is 31.9 Å². The van der Waals surface area contributed by atoms with Gasteiger partial charge in [0, 0.05) is 118 Å². The van der Waals surface area contributed by atoms with Gasteiger partial charge in [0.25, 0.3) is 0 Å². The van der Waals surface area contributed by atoms with E-state index in [-0.39, 0.29) is 5.56 Å². The van der Waals surface area contributed by atoms with Gasteiger partial charge in [-0.3, -0.25) is 0 Å². The molecule has 0 amide bonds. The number of nitrogens with zero attached hydrogens (tertiary/aromatic N) is 6. The van der Waals surface area contributed by atoms with Crippen LogP contribution in [0.1, 0.15) is 195 Å². The van der Waals surface area contributed by atoms with Crippen LogP contribution in [0.4, 0.5) is 0 Å². The second-order valence-electron chi connectivity index (χ2n) is 29.4. The van der Waals surface area contributed by atoms with Crippen molar-refractivity contribution >= 4 is 0 Å². The van der Waals surface area contributed by atoms with E-state index >= 15 is 0 Å². The minimum Gasteiger partial charge on any atom is -0.201 e. The third-order valence-corrected chi connectivity index (χ3v) is 19.6. The SMILES string of the molecule is Cc1ccc(C)c(-c2cccc[n+]2C)c1.Cc1ccccc1-c1cc(C(C)C)c(C)c[n+]1C.Cc1ccccc1-c1cc(C)c(C(C)C)c[n+]1C.Cc1ccccc1-c1cc(C)c(C(C)C)c[n+]1C.[2H]C([2H])([2H])C([2H])(C)C([2H])([2H])c1ccc(-c2cccc[n+]2C)c(C)c1.[2H]C([2H])([2H])C([2H])(C)c1c[n+](C)c(-c2ccccc2C)cc1C. The van der Waals surface area contributed by atoms with Crippen molar-refractivity contribution in [1.29, 1.82) is 0 Å². The molecule has 6 aromatic heterocycles. The molecule has 105 heavy (non-hydrogen) atoms. The largest absolute Gasteiger partial charge is 0.212 e. The van der Waals surface area contributed by atoms with Gasteiger partial charge in [0.2, 0.25) is 34.2 Å². The Bertz CT molecular complexity index is 5250. The molecule has 6 heterocycles. The minimum atomic E-state index is -2.73. The molecule has 0 N–H and O–H groups in total. The Balaban J connectivity index is 0.000000192. The van der Waals surface area contributed by atoms with E-state index in [1.807, 2.05) is 85.7 Å². The van der Waals surface area contributed by atoms with Crippen LogP contribution < -0.4 is 27.4 Å². The lowest BCUT2D eigenvalue weighted by atomic mass is 9.96. The van der Waals surface area contributed by atoms with Gasteiger partial charge >= 0.3 is 0 Å². The second kappa shape index (κ2) is 38.3. The molecule has 12 aromatic rings. The van der Waals surface area contributed by atoms with Crippen molar-refractivity contribution < 1.29 is 41.1 Å². The van der Waals surface area contributed by atoms with Crippen molar-refractivity contribution in [2.45, 2.75) is 175 Å². The Morgan fingerprint density at radius 2 is 0.638 bits per heavy atom. The molecular weight excluding hydrogens is 1270 g/mol. The highest BCUT2D eigenvalue weighted by atomic mass is 14.9. The number of aryl methyl sites for hydroxylation is 17. The fraction of sp³-hybridized carbons (Fsp3) is 0.333. The molecule has 6 nitrogen and oxygen atoms in total. The Hall–Kier alpha value is -9.78. The van der Waals surface area contributed by atoms with Gasteiger partial charge in [-0.1, -0.05) is 172 Å². The van der Waals surface area contributed by atoms with Crippen LogP contribution in [0.15, 0.2) is 231 Å². The summed E-state index contributed by atoms with van der Waals surface area (Å²) in [4.78, 5) is 0. The molecule has 0 aliphatic carbocycles. The maximum absolute atomic E-state index is 8.30. The van der Waals surface area contributed by atoms with Gasteiger partial charge in [-0.2, -0.15) is 0 Å². The van der Waals surface area contributed by atoms with E-state index in [4.69, 9.17) is 13.7 Å². The topological polar surface area (TPSA) is 23.3 Å². The predicted molar refractivity (Wildman–Crippen MR) is 445 cm³/mol. The van der Waals surface area contributed by atoms with Gasteiger partial charge in [0.05, 0.1) is 0 Å². The molecule has 546 valence electrons. The van der Waals surface area contributed by atoms with E-state index in [9.17, 15) is 0 Å². The molecule has 0 bridgehead atoms. The van der Waals surface area contributed by atoms with E-state index in [2.05, 4.69) is 309 Å². The second-order valence-corrected chi connectivity index (χ2v) is 29.4. The standard InChI is InChI=1S/5C17H22N.C14H16N/c1-12(2)16-10-17(18(5)11-14(16)4)15-9-7-6-8-13(15)3;3*1-12(2)16-11-18(5)17(10-14(16)4)15-9-7-6-8-13(15)3;1-13(2)11-15-8-9-16(14(3)12-15)17-7-5-6-10-18(17)4;1-11-7-8-12(2)13(10-11)14-6-4-5-9-15(14)3/h4*6-12H,1-5H3;5-10,12-13H,11H2,1-4H3;4-10H,1-3H3/q6*+1/i;1D3,12D;;;1D3,11D2,13D;. The van der Waals surface area contributed by atoms with E-state index in [1.165, 1.54) is 113 Å². The molecule has 0 saturated heterocycles. The molecule has 0 spiro atoms. The highest BCUT2D eigenvalue weighted by Crippen LogP contribution is 2.31. The molecule has 6 heteroatoms. The van der Waals surface area contributed by atoms with E-state index in [1.54, 1.807) is 24.4 Å². The van der Waals surface area contributed by atoms with Crippen LogP contribution in [-0.4, -0.2) is 0 Å². The molecule has 12 rings (SSSR count). The average Bonchev–Trinajstić information content (AvgIpc) is 0.744. The summed E-state index contributed by atoms with van der Waals surface area (Å²) in [6.45, 7) is 34.2. The lowest BCUT2D eigenvalue weighted by Crippen LogP contribution is -2.32. The van der Waals surface area contributed by atoms with Gasteiger partial charge in [0.15, 0.2) is 37.2 Å². The Morgan fingerprint density at radius 3 is 1.02 bits per heavy atom. The van der Waals surface area contributed by atoms with Gasteiger partial charge in [-0.15, -0.1) is 0 Å². The van der Waals surface area contributed by atoms with Gasteiger partial charge < -0.3 is 0 Å². The number of aromatic nitrogens is 6. The first-order chi connectivity index (χ1) is 53.6. The number of pyridine rings is 6. The van der Waals surface area contributed by atoms with Crippen LogP contribution in [0, 0.1) is 82.1 Å². The summed E-state index contributed by atoms with van der Waals surface area (Å²) in [5, 5.41) is 0. The summed E-state index contributed by atoms with van der Waals surface area (Å²) in [6, 6.07) is 66.4. The van der Waals surface area contributed by atoms with Crippen LogP contribution in [0.2, 0.25) is 0 Å². The lowest BCUT2D eigenvalue weighted by molar-refractivity contribution is -0.661. The molecule has 0 aliphatic rings. The smallest absolute Gasteiger partial charge is 0.201 e. The van der Waals surface area contributed by atoms with Crippen LogP contribution in [0.25, 0.3) is 67.5 Å². The summed E-state index contributed by atoms with van der Waals surface area (Å²) in [6.07, 6.45) is 10.2. The zero-order valence-electron chi connectivity index (χ0n) is 77.9. The minimum absolute atomic E-state index is 0.205. The van der Waals surface area contributed by atoms with Crippen molar-refractivity contribution in [1.82, 2.24) is 0 Å². The van der Waals surface area contributed by atoms with Crippen molar-refractivity contribution in [2.75, 3.05) is 0 Å². The van der Waals surface area contributed by atoms with Crippen LogP contribution in [0.5, 0.6) is 0 Å². The number of benzene rings is 6. The maximum Gasteiger partial charge on any atom is 0.212 e. The van der Waals surface area contributed by atoms with E-state index in [0.717, 1.165) is 46.1 Å². The van der Waals surface area contributed by atoms with E-state index in [0.29, 0.717) is 23.3 Å². The Labute approximate surface area is 649 Å². The normalized spacial score (nSPS) is 13.8. The maximum atomic E-state index is 8.30. The molecule has 6 aromatic carbocycles. The van der Waals surface area contributed by atoms with Crippen molar-refractivity contribution in [2.24, 2.45) is 48.2 Å². The summed E-state index contributed by atoms with van der Waals surface area (Å²) in [7, 11) is 12.3. The quantitative estimate of drug-likeness (QED) is 0.109. The van der Waals surface area contributed by atoms with Crippen LogP contribution >= 0.6 is 0 Å². The average molecular weight is 1410 g/mol. The van der Waals surface area contributed by atoms with Crippen LogP contribution in [0.3, 0.4) is 0 Å². The van der Waals surface area contributed by atoms with Crippen LogP contribution in [-0.2, 0) is 48.7 Å². The third-order valence-electron chi connectivity index (χ3n) is 19.6. The Morgan fingerprint density at radius 1 is 0.286 bits per heavy atom. The first kappa shape index (κ1) is 68.3. The first-order valence-corrected chi connectivity index (χ1v) is 37.0. The zero-order chi connectivity index (χ0) is 85.7. The first-order valence-electron chi connectivity index (χ1n) is 42.0. The molecule has 0 fully saturated rings. The highest BCUT2D eigenvalue weighted by Gasteiger charge is 2.22. The summed E-state index contributed by atoms with van der Waals surface area (Å²) < 4.78 is 91.0. The van der Waals surface area contributed by atoms with Gasteiger partial charge in [0.1, 0.15) is 42.3 Å².